The van der Waals surface area contributed by atoms with Crippen molar-refractivity contribution in [3.63, 3.8) is 0 Å². The van der Waals surface area contributed by atoms with E-state index in [9.17, 15) is 19.7 Å². The van der Waals surface area contributed by atoms with Gasteiger partial charge >= 0.3 is 5.00 Å². The minimum Gasteiger partial charge on any atom is -0.349 e. The first-order chi connectivity index (χ1) is 12.0. The second kappa shape index (κ2) is 7.43. The maximum atomic E-state index is 12.4. The Bertz CT molecular complexity index is 782. The molecule has 0 saturated carbocycles. The first-order valence-corrected chi connectivity index (χ1v) is 8.75. The van der Waals surface area contributed by atoms with Gasteiger partial charge in [0.05, 0.1) is 9.80 Å². The number of nitrogens with one attached hydrogen (secondary N) is 1. The van der Waals surface area contributed by atoms with Crippen molar-refractivity contribution in [1.82, 2.24) is 10.2 Å². The van der Waals surface area contributed by atoms with Crippen LogP contribution < -0.4 is 5.32 Å². The average Bonchev–Trinajstić information content (AvgIpc) is 3.13. The molecule has 1 saturated heterocycles. The summed E-state index contributed by atoms with van der Waals surface area (Å²) in [4.78, 5) is 36.9. The van der Waals surface area contributed by atoms with Crippen molar-refractivity contribution in [1.29, 1.82) is 0 Å². The van der Waals surface area contributed by atoms with Crippen molar-refractivity contribution in [2.24, 2.45) is 0 Å². The summed E-state index contributed by atoms with van der Waals surface area (Å²) < 4.78 is 0. The highest BCUT2D eigenvalue weighted by molar-refractivity contribution is 7.17. The third-order valence-electron chi connectivity index (χ3n) is 4.14. The van der Waals surface area contributed by atoms with Gasteiger partial charge in [0.2, 0.25) is 0 Å². The van der Waals surface area contributed by atoms with Crippen LogP contribution in [0.5, 0.6) is 0 Å². The van der Waals surface area contributed by atoms with Crippen LogP contribution in [-0.4, -0.2) is 40.8 Å². The van der Waals surface area contributed by atoms with Gasteiger partial charge < -0.3 is 10.2 Å². The zero-order chi connectivity index (χ0) is 17.8. The molecule has 1 aliphatic heterocycles. The van der Waals surface area contributed by atoms with E-state index in [0.717, 1.165) is 11.3 Å². The zero-order valence-electron chi connectivity index (χ0n) is 13.4. The predicted octanol–water partition coefficient (Wildman–Crippen LogP) is 2.69. The highest BCUT2D eigenvalue weighted by Gasteiger charge is 2.26. The normalized spacial score (nSPS) is 15.0. The highest BCUT2D eigenvalue weighted by Crippen LogP contribution is 2.26. The summed E-state index contributed by atoms with van der Waals surface area (Å²) >= 11 is 0.891. The molecule has 2 aromatic rings. The number of carbonyl (C=O) groups excluding carboxylic acids is 2. The number of rotatable bonds is 4. The van der Waals surface area contributed by atoms with Gasteiger partial charge in [0, 0.05) is 30.8 Å². The molecule has 25 heavy (non-hydrogen) atoms. The van der Waals surface area contributed by atoms with Crippen molar-refractivity contribution in [2.45, 2.75) is 18.9 Å². The molecule has 1 aliphatic rings. The molecule has 0 unspecified atom stereocenters. The molecule has 0 aliphatic carbocycles. The van der Waals surface area contributed by atoms with Gasteiger partial charge in [-0.25, -0.2) is 0 Å². The fourth-order valence-corrected chi connectivity index (χ4v) is 3.57. The Kier molecular flexibility index (Phi) is 5.08. The molecule has 0 bridgehead atoms. The van der Waals surface area contributed by atoms with E-state index < -0.39 is 4.92 Å². The summed E-state index contributed by atoms with van der Waals surface area (Å²) in [7, 11) is 0. The van der Waals surface area contributed by atoms with Crippen LogP contribution in [-0.2, 0) is 0 Å². The Morgan fingerprint density at radius 3 is 2.40 bits per heavy atom. The van der Waals surface area contributed by atoms with Crippen LogP contribution in [0, 0.1) is 10.1 Å². The van der Waals surface area contributed by atoms with E-state index in [1.807, 2.05) is 18.2 Å². The minimum absolute atomic E-state index is 0.0226. The lowest BCUT2D eigenvalue weighted by Crippen LogP contribution is -2.46. The van der Waals surface area contributed by atoms with Gasteiger partial charge in [-0.15, -0.1) is 0 Å². The number of hydrogen-bond donors (Lipinski definition) is 1. The van der Waals surface area contributed by atoms with Gasteiger partial charge in [-0.1, -0.05) is 29.5 Å². The molecule has 130 valence electrons. The van der Waals surface area contributed by atoms with Crippen LogP contribution in [0.15, 0.2) is 42.5 Å². The molecule has 1 fully saturated rings. The molecular weight excluding hydrogens is 342 g/mol. The first-order valence-electron chi connectivity index (χ1n) is 7.94. The Morgan fingerprint density at radius 2 is 1.80 bits per heavy atom. The summed E-state index contributed by atoms with van der Waals surface area (Å²) in [5.74, 6) is -0.301. The number of thiophene rings is 1. The molecule has 7 nitrogen and oxygen atoms in total. The lowest BCUT2D eigenvalue weighted by atomic mass is 10.0. The van der Waals surface area contributed by atoms with E-state index in [2.05, 4.69) is 5.32 Å². The topological polar surface area (TPSA) is 92.6 Å². The van der Waals surface area contributed by atoms with E-state index in [1.165, 1.54) is 12.1 Å². The largest absolute Gasteiger partial charge is 0.349 e. The summed E-state index contributed by atoms with van der Waals surface area (Å²) in [6.45, 7) is 1.04. The number of likely N-dealkylation sites (tertiary alicyclic amines) is 1. The van der Waals surface area contributed by atoms with Crippen molar-refractivity contribution < 1.29 is 14.5 Å². The van der Waals surface area contributed by atoms with E-state index >= 15 is 0 Å². The maximum absolute atomic E-state index is 12.4. The molecule has 0 atom stereocenters. The smallest absolute Gasteiger partial charge is 0.324 e. The number of nitrogens with zero attached hydrogens (tertiary/aromatic N) is 2. The van der Waals surface area contributed by atoms with Gasteiger partial charge in [0.15, 0.2) is 0 Å². The summed E-state index contributed by atoms with van der Waals surface area (Å²) in [6.07, 6.45) is 1.33. The molecule has 2 heterocycles. The SMILES string of the molecule is O=C(NC1CCN(C(=O)c2ccc([N+](=O)[O-])s2)CC1)c1ccccc1. The summed E-state index contributed by atoms with van der Waals surface area (Å²) in [5, 5.41) is 13.7. The van der Waals surface area contributed by atoms with Crippen LogP contribution in [0.4, 0.5) is 5.00 Å². The first kappa shape index (κ1) is 17.1. The molecule has 0 spiro atoms. The van der Waals surface area contributed by atoms with Crippen LogP contribution in [0.25, 0.3) is 0 Å². The quantitative estimate of drug-likeness (QED) is 0.671. The standard InChI is InChI=1S/C17H17N3O4S/c21-16(12-4-2-1-3-5-12)18-13-8-10-19(11-9-13)17(22)14-6-7-15(25-14)20(23)24/h1-7,13H,8-11H2,(H,18,21). The van der Waals surface area contributed by atoms with E-state index in [0.29, 0.717) is 36.4 Å². The molecular formula is C17H17N3O4S. The number of carbonyl (C=O) groups is 2. The molecule has 1 N–H and O–H groups in total. The summed E-state index contributed by atoms with van der Waals surface area (Å²) in [6, 6.07) is 11.9. The van der Waals surface area contributed by atoms with Crippen LogP contribution in [0.2, 0.25) is 0 Å². The molecule has 2 amide bonds. The molecule has 1 aromatic heterocycles. The van der Waals surface area contributed by atoms with Crippen molar-refractivity contribution >= 4 is 28.2 Å². The lowest BCUT2D eigenvalue weighted by Gasteiger charge is -2.32. The number of hydrogen-bond acceptors (Lipinski definition) is 5. The maximum Gasteiger partial charge on any atom is 0.324 e. The minimum atomic E-state index is -0.493. The van der Waals surface area contributed by atoms with E-state index in [1.54, 1.807) is 17.0 Å². The van der Waals surface area contributed by atoms with Crippen molar-refractivity contribution in [2.75, 3.05) is 13.1 Å². The van der Waals surface area contributed by atoms with Gasteiger partial charge in [-0.2, -0.15) is 0 Å². The molecule has 3 rings (SSSR count). The fourth-order valence-electron chi connectivity index (χ4n) is 2.78. The number of nitro groups is 1. The third-order valence-corrected chi connectivity index (χ3v) is 5.16. The molecule has 1 aromatic carbocycles. The monoisotopic (exact) mass is 359 g/mol. The average molecular weight is 359 g/mol. The van der Waals surface area contributed by atoms with Gasteiger partial charge in [0.1, 0.15) is 0 Å². The molecule has 0 radical (unpaired) electrons. The van der Waals surface area contributed by atoms with E-state index in [4.69, 9.17) is 0 Å². The van der Waals surface area contributed by atoms with Gasteiger partial charge in [0.25, 0.3) is 11.8 Å². The summed E-state index contributed by atoms with van der Waals surface area (Å²) in [5.41, 5.74) is 0.618. The van der Waals surface area contributed by atoms with Crippen molar-refractivity contribution in [3.05, 3.63) is 63.0 Å². The van der Waals surface area contributed by atoms with Crippen LogP contribution in [0.1, 0.15) is 32.9 Å². The Balaban J connectivity index is 1.53. The highest BCUT2D eigenvalue weighted by atomic mass is 32.1. The number of benzene rings is 1. The Hall–Kier alpha value is -2.74. The van der Waals surface area contributed by atoms with Crippen LogP contribution >= 0.6 is 11.3 Å². The second-order valence-corrected chi connectivity index (χ2v) is 6.86. The van der Waals surface area contributed by atoms with E-state index in [-0.39, 0.29) is 22.9 Å². The van der Waals surface area contributed by atoms with Gasteiger partial charge in [-0.3, -0.25) is 19.7 Å². The second-order valence-electron chi connectivity index (χ2n) is 5.80. The number of piperidine rings is 1. The Morgan fingerprint density at radius 1 is 1.12 bits per heavy atom. The predicted molar refractivity (Wildman–Crippen MR) is 93.8 cm³/mol. The van der Waals surface area contributed by atoms with Gasteiger partial charge in [-0.05, 0) is 31.0 Å². The zero-order valence-corrected chi connectivity index (χ0v) is 14.2. The fraction of sp³-hybridized carbons (Fsp3) is 0.294. The number of amides is 2. The third kappa shape index (κ3) is 4.03. The Labute approximate surface area is 148 Å². The van der Waals surface area contributed by atoms with Crippen LogP contribution in [0.3, 0.4) is 0 Å². The van der Waals surface area contributed by atoms with Crippen molar-refractivity contribution in [3.8, 4) is 0 Å². The lowest BCUT2D eigenvalue weighted by molar-refractivity contribution is -0.380. The molecule has 8 heteroatoms.